The number of nitrogens with one attached hydrogen (secondary N) is 2. The molecule has 2 aromatic rings. The summed E-state index contributed by atoms with van der Waals surface area (Å²) in [6, 6.07) is 14.2. The molecule has 0 radical (unpaired) electrons. The maximum absolute atomic E-state index is 12.6. The van der Waals surface area contributed by atoms with E-state index in [-0.39, 0.29) is 5.91 Å². The number of guanidine groups is 1. The fraction of sp³-hybridized carbons (Fsp3) is 0.238. The number of amides is 3. The normalized spacial score (nSPS) is 21.0. The second-order valence-electron chi connectivity index (χ2n) is 7.25. The SMILES string of the molecule is Cc1ccc(/C=N/NC2=NC3C(C(=O)NC(=O)N3C)N2Cc2ccc(Cl)cc2)cc1. The fourth-order valence-corrected chi connectivity index (χ4v) is 3.52. The molecule has 1 saturated heterocycles. The van der Waals surface area contributed by atoms with Crippen LogP contribution in [-0.4, -0.2) is 53.2 Å². The third kappa shape index (κ3) is 3.99. The van der Waals surface area contributed by atoms with Crippen LogP contribution >= 0.6 is 11.6 Å². The van der Waals surface area contributed by atoms with Crippen LogP contribution in [0.5, 0.6) is 0 Å². The first-order valence-corrected chi connectivity index (χ1v) is 9.82. The third-order valence-electron chi connectivity index (χ3n) is 5.08. The highest BCUT2D eigenvalue weighted by molar-refractivity contribution is 6.30. The van der Waals surface area contributed by atoms with Crippen LogP contribution in [0.4, 0.5) is 4.79 Å². The molecule has 8 nitrogen and oxygen atoms in total. The Morgan fingerprint density at radius 3 is 2.57 bits per heavy atom. The van der Waals surface area contributed by atoms with Crippen molar-refractivity contribution < 1.29 is 9.59 Å². The number of carbonyl (C=O) groups excluding carboxylic acids is 2. The number of fused-ring (bicyclic) bond motifs is 1. The van der Waals surface area contributed by atoms with Crippen molar-refractivity contribution in [3.63, 3.8) is 0 Å². The van der Waals surface area contributed by atoms with Crippen LogP contribution in [0, 0.1) is 6.92 Å². The molecule has 2 unspecified atom stereocenters. The zero-order chi connectivity index (χ0) is 21.3. The number of rotatable bonds is 4. The minimum atomic E-state index is -0.652. The standard InChI is InChI=1S/C21H21ClN6O2/c1-13-3-5-14(6-4-13)11-23-26-20-24-18-17(19(29)25-21(30)27(18)2)28(20)12-15-7-9-16(22)10-8-15/h3-11,17-18H,12H2,1-2H3,(H,24,26)(H,25,29,30)/b23-11+. The molecule has 2 heterocycles. The van der Waals surface area contributed by atoms with Crippen molar-refractivity contribution in [2.45, 2.75) is 25.7 Å². The van der Waals surface area contributed by atoms with Gasteiger partial charge in [-0.2, -0.15) is 5.10 Å². The van der Waals surface area contributed by atoms with Gasteiger partial charge < -0.3 is 9.80 Å². The predicted molar refractivity (Wildman–Crippen MR) is 115 cm³/mol. The number of aryl methyl sites for hydroxylation is 1. The Kier molecular flexibility index (Phi) is 5.41. The number of urea groups is 1. The van der Waals surface area contributed by atoms with Gasteiger partial charge >= 0.3 is 6.03 Å². The molecule has 2 aliphatic heterocycles. The molecule has 3 amide bonds. The Labute approximate surface area is 179 Å². The molecule has 9 heteroatoms. The van der Waals surface area contributed by atoms with Crippen molar-refractivity contribution in [1.29, 1.82) is 0 Å². The van der Waals surface area contributed by atoms with Crippen molar-refractivity contribution in [2.24, 2.45) is 10.1 Å². The highest BCUT2D eigenvalue weighted by Crippen LogP contribution is 2.25. The lowest BCUT2D eigenvalue weighted by atomic mass is 10.1. The molecule has 0 bridgehead atoms. The van der Waals surface area contributed by atoms with Gasteiger partial charge in [0.05, 0.1) is 6.21 Å². The average molecular weight is 425 g/mol. The average Bonchev–Trinajstić information content (AvgIpc) is 3.08. The molecular formula is C21H21ClN6O2. The molecule has 0 spiro atoms. The number of benzene rings is 2. The number of hydrazone groups is 1. The Morgan fingerprint density at radius 1 is 1.17 bits per heavy atom. The van der Waals surface area contributed by atoms with Crippen LogP contribution in [0.15, 0.2) is 58.6 Å². The lowest BCUT2D eigenvalue weighted by Gasteiger charge is -2.36. The molecule has 0 aromatic heterocycles. The summed E-state index contributed by atoms with van der Waals surface area (Å²) in [5, 5.41) is 7.29. The highest BCUT2D eigenvalue weighted by Gasteiger charge is 2.48. The second-order valence-corrected chi connectivity index (χ2v) is 7.69. The lowest BCUT2D eigenvalue weighted by Crippen LogP contribution is -2.63. The van der Waals surface area contributed by atoms with E-state index in [1.807, 2.05) is 43.3 Å². The Hall–Kier alpha value is -3.39. The highest BCUT2D eigenvalue weighted by atomic mass is 35.5. The summed E-state index contributed by atoms with van der Waals surface area (Å²) >= 11 is 5.99. The zero-order valence-electron chi connectivity index (χ0n) is 16.5. The first kappa shape index (κ1) is 19.9. The molecule has 154 valence electrons. The van der Waals surface area contributed by atoms with E-state index in [2.05, 4.69) is 20.8 Å². The van der Waals surface area contributed by atoms with Crippen LogP contribution < -0.4 is 10.7 Å². The molecule has 2 aliphatic rings. The first-order chi connectivity index (χ1) is 14.4. The Balaban J connectivity index is 1.58. The van der Waals surface area contributed by atoms with Gasteiger partial charge in [0.25, 0.3) is 5.91 Å². The van der Waals surface area contributed by atoms with Crippen molar-refractivity contribution in [3.8, 4) is 0 Å². The van der Waals surface area contributed by atoms with Crippen molar-refractivity contribution in [1.82, 2.24) is 20.5 Å². The molecule has 1 fully saturated rings. The monoisotopic (exact) mass is 424 g/mol. The van der Waals surface area contributed by atoms with Gasteiger partial charge in [-0.3, -0.25) is 10.1 Å². The first-order valence-electron chi connectivity index (χ1n) is 9.44. The fourth-order valence-electron chi connectivity index (χ4n) is 3.40. The van der Waals surface area contributed by atoms with Crippen molar-refractivity contribution >= 4 is 35.7 Å². The Morgan fingerprint density at radius 2 is 1.87 bits per heavy atom. The molecule has 0 aliphatic carbocycles. The number of halogens is 1. The second kappa shape index (κ2) is 8.16. The summed E-state index contributed by atoms with van der Waals surface area (Å²) in [6.45, 7) is 2.42. The van der Waals surface area contributed by atoms with E-state index in [1.165, 1.54) is 4.90 Å². The van der Waals surface area contributed by atoms with Crippen molar-refractivity contribution in [2.75, 3.05) is 7.05 Å². The number of hydrogen-bond acceptors (Lipinski definition) is 6. The molecule has 2 atom stereocenters. The van der Waals surface area contributed by atoms with Gasteiger partial charge in [-0.15, -0.1) is 0 Å². The molecule has 4 rings (SSSR count). The van der Waals surface area contributed by atoms with Crippen LogP contribution in [0.2, 0.25) is 5.02 Å². The summed E-state index contributed by atoms with van der Waals surface area (Å²) in [5.41, 5.74) is 5.98. The van der Waals surface area contributed by atoms with E-state index in [4.69, 9.17) is 11.6 Å². The number of imide groups is 1. The van der Waals surface area contributed by atoms with E-state index < -0.39 is 18.2 Å². The minimum absolute atomic E-state index is 0.389. The Bertz CT molecular complexity index is 1020. The van der Waals surface area contributed by atoms with E-state index in [9.17, 15) is 9.59 Å². The van der Waals surface area contributed by atoms with Gasteiger partial charge in [0.15, 0.2) is 12.2 Å². The van der Waals surface area contributed by atoms with Gasteiger partial charge in [-0.1, -0.05) is 53.6 Å². The smallest absolute Gasteiger partial charge is 0.321 e. The van der Waals surface area contributed by atoms with Gasteiger partial charge in [0.2, 0.25) is 5.96 Å². The molecule has 0 saturated carbocycles. The summed E-state index contributed by atoms with van der Waals surface area (Å²) in [7, 11) is 1.61. The third-order valence-corrected chi connectivity index (χ3v) is 5.33. The van der Waals surface area contributed by atoms with Crippen LogP contribution in [-0.2, 0) is 11.3 Å². The van der Waals surface area contributed by atoms with E-state index in [0.717, 1.165) is 16.7 Å². The zero-order valence-corrected chi connectivity index (χ0v) is 17.3. The largest absolute Gasteiger partial charge is 0.325 e. The van der Waals surface area contributed by atoms with Crippen molar-refractivity contribution in [3.05, 3.63) is 70.2 Å². The number of carbonyl (C=O) groups is 2. The minimum Gasteiger partial charge on any atom is -0.321 e. The van der Waals surface area contributed by atoms with Gasteiger partial charge in [0.1, 0.15) is 0 Å². The van der Waals surface area contributed by atoms with E-state index in [0.29, 0.717) is 17.5 Å². The summed E-state index contributed by atoms with van der Waals surface area (Å²) in [6.07, 6.45) is 1.05. The van der Waals surface area contributed by atoms with Gasteiger partial charge in [0, 0.05) is 18.6 Å². The number of nitrogens with zero attached hydrogens (tertiary/aromatic N) is 4. The predicted octanol–water partition coefficient (Wildman–Crippen LogP) is 2.32. The topological polar surface area (TPSA) is 89.4 Å². The number of aliphatic imine (C=N–C) groups is 1. The molecule has 30 heavy (non-hydrogen) atoms. The molecule has 2 N–H and O–H groups in total. The molecular weight excluding hydrogens is 404 g/mol. The quantitative estimate of drug-likeness (QED) is 0.582. The number of hydrogen-bond donors (Lipinski definition) is 2. The lowest BCUT2D eigenvalue weighted by molar-refractivity contribution is -0.127. The summed E-state index contributed by atoms with van der Waals surface area (Å²) in [5.74, 6) is 0.0279. The van der Waals surface area contributed by atoms with Crippen LogP contribution in [0.1, 0.15) is 16.7 Å². The maximum atomic E-state index is 12.6. The maximum Gasteiger partial charge on any atom is 0.325 e. The van der Waals surface area contributed by atoms with E-state index >= 15 is 0 Å². The van der Waals surface area contributed by atoms with Gasteiger partial charge in [-0.05, 0) is 30.2 Å². The van der Waals surface area contributed by atoms with E-state index in [1.54, 1.807) is 30.3 Å². The van der Waals surface area contributed by atoms with Gasteiger partial charge in [-0.25, -0.2) is 15.2 Å². The van der Waals surface area contributed by atoms with Crippen LogP contribution in [0.25, 0.3) is 0 Å². The molecule has 2 aromatic carbocycles. The van der Waals surface area contributed by atoms with Crippen LogP contribution in [0.3, 0.4) is 0 Å². The number of likely N-dealkylation sites (N-methyl/N-ethyl adjacent to an activating group) is 1. The summed E-state index contributed by atoms with van der Waals surface area (Å²) < 4.78 is 0. The summed E-state index contributed by atoms with van der Waals surface area (Å²) in [4.78, 5) is 32.4.